The minimum Gasteiger partial charge on any atom is -0.475 e. The molecule has 0 aliphatic carbocycles. The maximum Gasteiger partial charge on any atom is 0.350 e. The number of carbonyl (C=O) groups is 1. The molecule has 0 bridgehead atoms. The highest BCUT2D eigenvalue weighted by Crippen LogP contribution is 2.24. The Morgan fingerprint density at radius 3 is 2.56 bits per heavy atom. The van der Waals surface area contributed by atoms with Gasteiger partial charge in [0.25, 0.3) is 0 Å². The van der Waals surface area contributed by atoms with E-state index in [-0.39, 0.29) is 24.0 Å². The number of carbonyl (C=O) groups excluding carboxylic acids is 1. The molecule has 1 aliphatic rings. The van der Waals surface area contributed by atoms with Gasteiger partial charge in [0.05, 0.1) is 12.0 Å². The number of aromatic nitrogens is 2. The molecule has 1 aromatic heterocycles. The zero-order valence-electron chi connectivity index (χ0n) is 15.5. The molecule has 144 valence electrons. The number of amides is 1. The van der Waals surface area contributed by atoms with Gasteiger partial charge >= 0.3 is 11.6 Å². The highest BCUT2D eigenvalue weighted by molar-refractivity contribution is 5.76. The highest BCUT2D eigenvalue weighted by atomic mass is 16.6. The molecular weight excluding hydrogens is 350 g/mol. The second-order valence-corrected chi connectivity index (χ2v) is 6.56. The second kappa shape index (κ2) is 8.17. The second-order valence-electron chi connectivity index (χ2n) is 6.56. The van der Waals surface area contributed by atoms with Crippen molar-refractivity contribution in [1.82, 2.24) is 19.6 Å². The Labute approximate surface area is 157 Å². The summed E-state index contributed by atoms with van der Waals surface area (Å²) in [5, 5.41) is 14.9. The van der Waals surface area contributed by atoms with Gasteiger partial charge in [-0.05, 0) is 18.1 Å². The van der Waals surface area contributed by atoms with Gasteiger partial charge in [0.1, 0.15) is 12.7 Å². The van der Waals surface area contributed by atoms with Gasteiger partial charge in [0, 0.05) is 32.7 Å². The lowest BCUT2D eigenvalue weighted by Crippen LogP contribution is -2.49. The summed E-state index contributed by atoms with van der Waals surface area (Å²) in [6.07, 6.45) is 1.23. The van der Waals surface area contributed by atoms with E-state index in [1.165, 1.54) is 29.1 Å². The number of nitrogens with zero attached hydrogens (tertiary/aromatic N) is 5. The van der Waals surface area contributed by atoms with Gasteiger partial charge in [0.15, 0.2) is 0 Å². The molecule has 1 amide bonds. The summed E-state index contributed by atoms with van der Waals surface area (Å²) >= 11 is 0. The molecule has 1 aliphatic heterocycles. The van der Waals surface area contributed by atoms with E-state index in [9.17, 15) is 14.9 Å². The quantitative estimate of drug-likeness (QED) is 0.562. The fourth-order valence-corrected chi connectivity index (χ4v) is 3.17. The first kappa shape index (κ1) is 18.8. The fraction of sp³-hybridized carbons (Fsp3) is 0.444. The number of rotatable bonds is 6. The molecule has 27 heavy (non-hydrogen) atoms. The Morgan fingerprint density at radius 1 is 1.26 bits per heavy atom. The van der Waals surface area contributed by atoms with E-state index in [0.29, 0.717) is 13.1 Å². The molecule has 0 radical (unpaired) electrons. The van der Waals surface area contributed by atoms with Crippen LogP contribution in [-0.4, -0.2) is 63.7 Å². The monoisotopic (exact) mass is 373 g/mol. The SMILES string of the molecule is COc1nn(CC(=O)N2CCN(Cc3ccccc3C)CC2)cc1[N+](=O)[O-]. The van der Waals surface area contributed by atoms with Gasteiger partial charge < -0.3 is 9.64 Å². The van der Waals surface area contributed by atoms with Crippen LogP contribution in [0.5, 0.6) is 5.88 Å². The Morgan fingerprint density at radius 2 is 1.96 bits per heavy atom. The highest BCUT2D eigenvalue weighted by Gasteiger charge is 2.25. The van der Waals surface area contributed by atoms with Crippen LogP contribution in [0.4, 0.5) is 5.69 Å². The zero-order chi connectivity index (χ0) is 19.4. The Bertz CT molecular complexity index is 827. The number of hydrogen-bond acceptors (Lipinski definition) is 6. The standard InChI is InChI=1S/C18H23N5O4/c1-14-5-3-4-6-15(14)11-20-7-9-21(10-8-20)17(24)13-22-12-16(23(25)26)18(19-22)27-2/h3-6,12H,7-11,13H2,1-2H3. The van der Waals surface area contributed by atoms with Crippen molar-refractivity contribution in [3.05, 3.63) is 51.7 Å². The number of piperazine rings is 1. The first-order valence-electron chi connectivity index (χ1n) is 8.78. The van der Waals surface area contributed by atoms with E-state index in [0.717, 1.165) is 19.6 Å². The largest absolute Gasteiger partial charge is 0.475 e. The van der Waals surface area contributed by atoms with Gasteiger partial charge in [0.2, 0.25) is 5.91 Å². The molecule has 3 rings (SSSR count). The van der Waals surface area contributed by atoms with Crippen LogP contribution in [0, 0.1) is 17.0 Å². The van der Waals surface area contributed by atoms with Crippen LogP contribution in [0.3, 0.4) is 0 Å². The van der Waals surface area contributed by atoms with E-state index in [1.807, 2.05) is 12.1 Å². The molecule has 0 spiro atoms. The normalized spacial score (nSPS) is 15.0. The topological polar surface area (TPSA) is 93.7 Å². The van der Waals surface area contributed by atoms with Crippen LogP contribution >= 0.6 is 0 Å². The Hall–Kier alpha value is -2.94. The molecular formula is C18H23N5O4. The number of methoxy groups -OCH3 is 1. The third kappa shape index (κ3) is 4.43. The number of aryl methyl sites for hydroxylation is 1. The summed E-state index contributed by atoms with van der Waals surface area (Å²) < 4.78 is 6.15. The van der Waals surface area contributed by atoms with Gasteiger partial charge in [-0.2, -0.15) is 0 Å². The van der Waals surface area contributed by atoms with Crippen LogP contribution < -0.4 is 4.74 Å². The molecule has 0 N–H and O–H groups in total. The van der Waals surface area contributed by atoms with Gasteiger partial charge in [-0.3, -0.25) is 24.5 Å². The lowest BCUT2D eigenvalue weighted by Gasteiger charge is -2.35. The summed E-state index contributed by atoms with van der Waals surface area (Å²) in [5.74, 6) is -0.193. The number of nitro groups is 1. The lowest BCUT2D eigenvalue weighted by atomic mass is 10.1. The zero-order valence-corrected chi connectivity index (χ0v) is 15.5. The van der Waals surface area contributed by atoms with Crippen LogP contribution in [0.1, 0.15) is 11.1 Å². The van der Waals surface area contributed by atoms with E-state index >= 15 is 0 Å². The first-order valence-corrected chi connectivity index (χ1v) is 8.78. The Kier molecular flexibility index (Phi) is 5.70. The van der Waals surface area contributed by atoms with Crippen molar-refractivity contribution in [2.45, 2.75) is 20.0 Å². The van der Waals surface area contributed by atoms with Crippen molar-refractivity contribution in [3.8, 4) is 5.88 Å². The van der Waals surface area contributed by atoms with E-state index in [4.69, 9.17) is 4.74 Å². The molecule has 2 aromatic rings. The predicted octanol–water partition coefficient (Wildman–Crippen LogP) is 1.45. The average Bonchev–Trinajstić information content (AvgIpc) is 3.07. The Balaban J connectivity index is 1.54. The van der Waals surface area contributed by atoms with Crippen molar-refractivity contribution in [2.24, 2.45) is 0 Å². The summed E-state index contributed by atoms with van der Waals surface area (Å²) in [7, 11) is 1.31. The van der Waals surface area contributed by atoms with E-state index < -0.39 is 4.92 Å². The average molecular weight is 373 g/mol. The van der Waals surface area contributed by atoms with E-state index in [2.05, 4.69) is 29.1 Å². The fourth-order valence-electron chi connectivity index (χ4n) is 3.17. The number of ether oxygens (including phenoxy) is 1. The van der Waals surface area contributed by atoms with Crippen molar-refractivity contribution in [2.75, 3.05) is 33.3 Å². The van der Waals surface area contributed by atoms with Crippen molar-refractivity contribution in [3.63, 3.8) is 0 Å². The minimum atomic E-state index is -0.572. The summed E-state index contributed by atoms with van der Waals surface area (Å²) in [4.78, 5) is 27.0. The lowest BCUT2D eigenvalue weighted by molar-refractivity contribution is -0.385. The van der Waals surface area contributed by atoms with Crippen LogP contribution in [-0.2, 0) is 17.9 Å². The molecule has 1 saturated heterocycles. The smallest absolute Gasteiger partial charge is 0.350 e. The molecule has 0 unspecified atom stereocenters. The third-order valence-corrected chi connectivity index (χ3v) is 4.78. The predicted molar refractivity (Wildman–Crippen MR) is 98.5 cm³/mol. The molecule has 1 aromatic carbocycles. The maximum atomic E-state index is 12.5. The van der Waals surface area contributed by atoms with Crippen LogP contribution in [0.15, 0.2) is 30.5 Å². The molecule has 9 nitrogen and oxygen atoms in total. The van der Waals surface area contributed by atoms with Crippen LogP contribution in [0.2, 0.25) is 0 Å². The van der Waals surface area contributed by atoms with Crippen LogP contribution in [0.25, 0.3) is 0 Å². The first-order chi connectivity index (χ1) is 13.0. The molecule has 1 fully saturated rings. The number of hydrogen-bond donors (Lipinski definition) is 0. The summed E-state index contributed by atoms with van der Waals surface area (Å²) in [6.45, 7) is 5.79. The third-order valence-electron chi connectivity index (χ3n) is 4.78. The van der Waals surface area contributed by atoms with Crippen molar-refractivity contribution in [1.29, 1.82) is 0 Å². The van der Waals surface area contributed by atoms with E-state index in [1.54, 1.807) is 4.90 Å². The summed E-state index contributed by atoms with van der Waals surface area (Å²) in [5.41, 5.74) is 2.33. The van der Waals surface area contributed by atoms with Gasteiger partial charge in [-0.15, -0.1) is 5.10 Å². The molecule has 2 heterocycles. The van der Waals surface area contributed by atoms with Gasteiger partial charge in [-0.25, -0.2) is 0 Å². The molecule has 9 heteroatoms. The molecule has 0 atom stereocenters. The minimum absolute atomic E-state index is 0.0397. The summed E-state index contributed by atoms with van der Waals surface area (Å²) in [6, 6.07) is 8.31. The maximum absolute atomic E-state index is 12.5. The number of benzene rings is 1. The van der Waals surface area contributed by atoms with Gasteiger partial charge in [-0.1, -0.05) is 24.3 Å². The molecule has 0 saturated carbocycles. The van der Waals surface area contributed by atoms with Crippen molar-refractivity contribution >= 4 is 11.6 Å². The van der Waals surface area contributed by atoms with Crippen molar-refractivity contribution < 1.29 is 14.5 Å².